The van der Waals surface area contributed by atoms with Gasteiger partial charge in [-0.2, -0.15) is 18.2 Å². The van der Waals surface area contributed by atoms with Crippen molar-refractivity contribution in [1.82, 2.24) is 20.4 Å². The molecule has 196 valence electrons. The molecule has 0 bridgehead atoms. The number of hydrogen-bond donors (Lipinski definition) is 1. The van der Waals surface area contributed by atoms with Crippen molar-refractivity contribution in [2.24, 2.45) is 0 Å². The van der Waals surface area contributed by atoms with Crippen molar-refractivity contribution in [3.05, 3.63) is 83.1 Å². The standard InChI is InChI=1S/C26H21F3N4O4S/c27-26(28,29)25-31-22(32-37-25)20-10-11-21(38-20)23(34)30-14-17-15-36-13-12-33(17)24(35)19-9-5-4-8-18(19)16-6-2-1-3-7-16/h1-11,17H,12-15H2,(H,30,34). The highest BCUT2D eigenvalue weighted by molar-refractivity contribution is 7.17. The second-order valence-electron chi connectivity index (χ2n) is 8.43. The zero-order chi connectivity index (χ0) is 26.7. The molecule has 1 saturated heterocycles. The number of amides is 2. The van der Waals surface area contributed by atoms with Crippen molar-refractivity contribution in [2.45, 2.75) is 12.2 Å². The Bertz CT molecular complexity index is 1440. The highest BCUT2D eigenvalue weighted by atomic mass is 32.1. The number of carbonyl (C=O) groups excluding carboxylic acids is 2. The Labute approximate surface area is 219 Å². The molecule has 0 spiro atoms. The van der Waals surface area contributed by atoms with Crippen LogP contribution in [0.25, 0.3) is 21.8 Å². The summed E-state index contributed by atoms with van der Waals surface area (Å²) in [6.07, 6.45) is -4.75. The fourth-order valence-corrected chi connectivity index (χ4v) is 4.95. The van der Waals surface area contributed by atoms with Crippen molar-refractivity contribution in [1.29, 1.82) is 0 Å². The molecule has 2 aromatic carbocycles. The Morgan fingerprint density at radius 2 is 1.82 bits per heavy atom. The van der Waals surface area contributed by atoms with Crippen molar-refractivity contribution in [2.75, 3.05) is 26.3 Å². The molecule has 1 aliphatic heterocycles. The average molecular weight is 543 g/mol. The third kappa shape index (κ3) is 5.46. The Morgan fingerprint density at radius 3 is 2.58 bits per heavy atom. The number of nitrogens with zero attached hydrogens (tertiary/aromatic N) is 3. The minimum absolute atomic E-state index is 0.131. The Morgan fingerprint density at radius 1 is 1.05 bits per heavy atom. The summed E-state index contributed by atoms with van der Waals surface area (Å²) in [5.74, 6) is -2.31. The average Bonchev–Trinajstić information content (AvgIpc) is 3.62. The van der Waals surface area contributed by atoms with Crippen LogP contribution in [0.3, 0.4) is 0 Å². The zero-order valence-electron chi connectivity index (χ0n) is 19.8. The van der Waals surface area contributed by atoms with E-state index in [4.69, 9.17) is 4.74 Å². The summed E-state index contributed by atoms with van der Waals surface area (Å²) in [4.78, 5) is 32.0. The number of hydrogen-bond acceptors (Lipinski definition) is 7. The smallest absolute Gasteiger partial charge is 0.377 e. The first-order chi connectivity index (χ1) is 18.3. The predicted octanol–water partition coefficient (Wildman–Crippen LogP) is 4.75. The van der Waals surface area contributed by atoms with E-state index < -0.39 is 24.0 Å². The molecule has 0 saturated carbocycles. The summed E-state index contributed by atoms with van der Waals surface area (Å²) in [6.45, 7) is 1.12. The Hall–Kier alpha value is -4.03. The SMILES string of the molecule is O=C(NCC1COCCN1C(=O)c1ccccc1-c1ccccc1)c1ccc(-c2noc(C(F)(F)F)n2)s1. The van der Waals surface area contributed by atoms with Crippen LogP contribution in [0.2, 0.25) is 0 Å². The maximum absolute atomic E-state index is 13.6. The number of aromatic nitrogens is 2. The third-order valence-electron chi connectivity index (χ3n) is 5.95. The molecule has 2 aromatic heterocycles. The van der Waals surface area contributed by atoms with E-state index in [1.165, 1.54) is 12.1 Å². The molecule has 0 aliphatic carbocycles. The quantitative estimate of drug-likeness (QED) is 0.378. The summed E-state index contributed by atoms with van der Waals surface area (Å²) < 4.78 is 48.1. The fraction of sp³-hybridized carbons (Fsp3) is 0.231. The molecule has 4 aromatic rings. The molecule has 1 unspecified atom stereocenters. The second kappa shape index (κ2) is 10.8. The van der Waals surface area contributed by atoms with Gasteiger partial charge in [0.05, 0.1) is 29.0 Å². The van der Waals surface area contributed by atoms with Crippen LogP contribution < -0.4 is 5.32 Å². The predicted molar refractivity (Wildman–Crippen MR) is 132 cm³/mol. The number of alkyl halides is 3. The molecule has 0 radical (unpaired) electrons. The molecule has 1 aliphatic rings. The van der Waals surface area contributed by atoms with Crippen LogP contribution in [0.4, 0.5) is 13.2 Å². The normalized spacial score (nSPS) is 15.9. The number of rotatable bonds is 6. The molecular weight excluding hydrogens is 521 g/mol. The van der Waals surface area contributed by atoms with Gasteiger partial charge in [-0.1, -0.05) is 53.7 Å². The topological polar surface area (TPSA) is 97.6 Å². The van der Waals surface area contributed by atoms with Crippen LogP contribution in [-0.4, -0.2) is 59.2 Å². The number of nitrogens with one attached hydrogen (secondary N) is 1. The summed E-state index contributed by atoms with van der Waals surface area (Å²) >= 11 is 0.932. The fourth-order valence-electron chi connectivity index (χ4n) is 4.10. The van der Waals surface area contributed by atoms with Gasteiger partial charge in [0.2, 0.25) is 5.82 Å². The van der Waals surface area contributed by atoms with Gasteiger partial charge in [-0.05, 0) is 29.3 Å². The summed E-state index contributed by atoms with van der Waals surface area (Å²) in [5.41, 5.74) is 2.29. The van der Waals surface area contributed by atoms with E-state index in [-0.39, 0.29) is 34.6 Å². The van der Waals surface area contributed by atoms with E-state index >= 15 is 0 Å². The molecule has 1 atom stereocenters. The van der Waals surface area contributed by atoms with Crippen LogP contribution in [-0.2, 0) is 10.9 Å². The van der Waals surface area contributed by atoms with Crippen LogP contribution in [0.1, 0.15) is 25.9 Å². The van der Waals surface area contributed by atoms with Gasteiger partial charge in [-0.3, -0.25) is 9.59 Å². The molecular formula is C26H21F3N4O4S. The Balaban J connectivity index is 1.27. The first-order valence-corrected chi connectivity index (χ1v) is 12.5. The lowest BCUT2D eigenvalue weighted by atomic mass is 9.98. The van der Waals surface area contributed by atoms with E-state index in [0.717, 1.165) is 22.5 Å². The van der Waals surface area contributed by atoms with Gasteiger partial charge in [0, 0.05) is 18.7 Å². The van der Waals surface area contributed by atoms with Gasteiger partial charge >= 0.3 is 12.1 Å². The maximum atomic E-state index is 13.6. The first kappa shape index (κ1) is 25.6. The lowest BCUT2D eigenvalue weighted by molar-refractivity contribution is -0.159. The first-order valence-electron chi connectivity index (χ1n) is 11.6. The number of thiophene rings is 1. The minimum Gasteiger partial charge on any atom is -0.377 e. The van der Waals surface area contributed by atoms with Gasteiger partial charge in [-0.15, -0.1) is 11.3 Å². The highest BCUT2D eigenvalue weighted by Gasteiger charge is 2.38. The molecule has 12 heteroatoms. The maximum Gasteiger partial charge on any atom is 0.471 e. The van der Waals surface area contributed by atoms with Crippen molar-refractivity contribution >= 4 is 23.2 Å². The van der Waals surface area contributed by atoms with Gasteiger partial charge in [-0.25, -0.2) is 0 Å². The van der Waals surface area contributed by atoms with Crippen LogP contribution in [0, 0.1) is 0 Å². The molecule has 1 N–H and O–H groups in total. The molecule has 3 heterocycles. The Kier molecular flexibility index (Phi) is 7.25. The zero-order valence-corrected chi connectivity index (χ0v) is 20.6. The van der Waals surface area contributed by atoms with Gasteiger partial charge in [0.1, 0.15) is 0 Å². The van der Waals surface area contributed by atoms with Crippen molar-refractivity contribution < 1.29 is 32.0 Å². The number of morpholine rings is 1. The molecule has 5 rings (SSSR count). The number of ether oxygens (including phenoxy) is 1. The van der Waals surface area contributed by atoms with Crippen LogP contribution >= 0.6 is 11.3 Å². The van der Waals surface area contributed by atoms with E-state index in [2.05, 4.69) is 20.0 Å². The van der Waals surface area contributed by atoms with E-state index in [1.54, 1.807) is 11.0 Å². The van der Waals surface area contributed by atoms with Gasteiger partial charge in [0.25, 0.3) is 11.8 Å². The van der Waals surface area contributed by atoms with Crippen molar-refractivity contribution in [3.63, 3.8) is 0 Å². The molecule has 1 fully saturated rings. The second-order valence-corrected chi connectivity index (χ2v) is 9.52. The highest BCUT2D eigenvalue weighted by Crippen LogP contribution is 2.32. The lowest BCUT2D eigenvalue weighted by Gasteiger charge is -2.36. The van der Waals surface area contributed by atoms with Crippen molar-refractivity contribution in [3.8, 4) is 21.8 Å². The number of carbonyl (C=O) groups is 2. The summed E-state index contributed by atoms with van der Waals surface area (Å²) in [5, 5.41) is 6.14. The summed E-state index contributed by atoms with van der Waals surface area (Å²) in [7, 11) is 0. The summed E-state index contributed by atoms with van der Waals surface area (Å²) in [6, 6.07) is 19.5. The van der Waals surface area contributed by atoms with Gasteiger partial charge < -0.3 is 19.5 Å². The largest absolute Gasteiger partial charge is 0.471 e. The lowest BCUT2D eigenvalue weighted by Crippen LogP contribution is -2.53. The monoisotopic (exact) mass is 542 g/mol. The van der Waals surface area contributed by atoms with Crippen LogP contribution in [0.15, 0.2) is 71.3 Å². The van der Waals surface area contributed by atoms with E-state index in [1.807, 2.05) is 48.5 Å². The number of benzene rings is 2. The number of halogens is 3. The van der Waals surface area contributed by atoms with E-state index in [0.29, 0.717) is 18.7 Å². The molecule has 2 amide bonds. The minimum atomic E-state index is -4.75. The molecule has 8 nitrogen and oxygen atoms in total. The third-order valence-corrected chi connectivity index (χ3v) is 7.03. The molecule has 38 heavy (non-hydrogen) atoms. The van der Waals surface area contributed by atoms with Crippen LogP contribution in [0.5, 0.6) is 0 Å². The van der Waals surface area contributed by atoms with Gasteiger partial charge in [0.15, 0.2) is 0 Å². The van der Waals surface area contributed by atoms with E-state index in [9.17, 15) is 22.8 Å².